The summed E-state index contributed by atoms with van der Waals surface area (Å²) in [6.07, 6.45) is 2.58. The van der Waals surface area contributed by atoms with E-state index in [0.717, 1.165) is 11.4 Å². The van der Waals surface area contributed by atoms with Crippen LogP contribution in [0.5, 0.6) is 0 Å². The molecule has 2 heterocycles. The highest BCUT2D eigenvalue weighted by Crippen LogP contribution is 2.46. The number of hydrogen-bond acceptors (Lipinski definition) is 4. The van der Waals surface area contributed by atoms with Crippen molar-refractivity contribution in [1.29, 1.82) is 0 Å². The molecule has 0 radical (unpaired) electrons. The fraction of sp³-hybridized carbons (Fsp3) is 0.385. The van der Waals surface area contributed by atoms with Gasteiger partial charge in [-0.1, -0.05) is 76.2 Å². The summed E-state index contributed by atoms with van der Waals surface area (Å²) in [6, 6.07) is 16.7. The molecule has 2 aliphatic heterocycles. The summed E-state index contributed by atoms with van der Waals surface area (Å²) in [5, 5.41) is 28.9. The minimum absolute atomic E-state index is 0.0288. The minimum atomic E-state index is -0.734. The highest BCUT2D eigenvalue weighted by atomic mass is 16.3. The number of aliphatic hydroxyl groups is 2. The van der Waals surface area contributed by atoms with Crippen molar-refractivity contribution in [3.63, 3.8) is 0 Å². The van der Waals surface area contributed by atoms with Gasteiger partial charge in [0.15, 0.2) is 0 Å². The average molecular weight is 403 g/mol. The summed E-state index contributed by atoms with van der Waals surface area (Å²) in [7, 11) is 0. The second-order valence-electron chi connectivity index (χ2n) is 9.92. The van der Waals surface area contributed by atoms with E-state index in [1.54, 1.807) is 0 Å². The van der Waals surface area contributed by atoms with Crippen LogP contribution in [0.2, 0.25) is 0 Å². The Morgan fingerprint density at radius 3 is 1.40 bits per heavy atom. The van der Waals surface area contributed by atoms with E-state index in [4.69, 9.17) is 0 Å². The van der Waals surface area contributed by atoms with Gasteiger partial charge >= 0.3 is 0 Å². The lowest BCUT2D eigenvalue weighted by atomic mass is 9.72. The van der Waals surface area contributed by atoms with Crippen LogP contribution in [0.1, 0.15) is 38.8 Å². The highest BCUT2D eigenvalue weighted by molar-refractivity contribution is 5.65. The van der Waals surface area contributed by atoms with Gasteiger partial charge in [-0.25, -0.2) is 0 Å². The van der Waals surface area contributed by atoms with Crippen LogP contribution in [-0.2, 0) is 10.8 Å². The normalized spacial score (nSPS) is 29.9. The van der Waals surface area contributed by atoms with Gasteiger partial charge < -0.3 is 20.8 Å². The molecule has 4 N–H and O–H groups in total. The molecule has 0 saturated heterocycles. The Morgan fingerprint density at radius 1 is 0.667 bits per heavy atom. The fourth-order valence-corrected chi connectivity index (χ4v) is 5.21. The Hall–Kier alpha value is -2.56. The molecule has 0 amide bonds. The van der Waals surface area contributed by atoms with Crippen LogP contribution < -0.4 is 10.6 Å². The molecule has 30 heavy (non-hydrogen) atoms. The monoisotopic (exact) mass is 402 g/mol. The maximum absolute atomic E-state index is 10.9. The van der Waals surface area contributed by atoms with Gasteiger partial charge in [0.05, 0.1) is 12.1 Å². The van der Waals surface area contributed by atoms with Gasteiger partial charge in [-0.15, -0.1) is 0 Å². The van der Waals surface area contributed by atoms with Crippen LogP contribution in [0, 0.1) is 0 Å². The van der Waals surface area contributed by atoms with Crippen molar-refractivity contribution in [3.05, 3.63) is 83.0 Å². The van der Waals surface area contributed by atoms with E-state index < -0.39 is 12.2 Å². The molecular weight excluding hydrogens is 372 g/mol. The number of rotatable bonds is 2. The second-order valence-corrected chi connectivity index (χ2v) is 9.92. The van der Waals surface area contributed by atoms with Gasteiger partial charge in [-0.2, -0.15) is 0 Å². The Morgan fingerprint density at radius 2 is 1.03 bits per heavy atom. The van der Waals surface area contributed by atoms with Gasteiger partial charge in [0, 0.05) is 22.2 Å². The molecule has 4 nitrogen and oxygen atoms in total. The summed E-state index contributed by atoms with van der Waals surface area (Å²) in [6.45, 7) is 8.79. The molecule has 1 aliphatic carbocycles. The van der Waals surface area contributed by atoms with Crippen LogP contribution in [0.15, 0.2) is 71.8 Å². The van der Waals surface area contributed by atoms with E-state index in [-0.39, 0.29) is 22.9 Å². The van der Waals surface area contributed by atoms with Gasteiger partial charge in [-0.05, 0) is 34.4 Å². The van der Waals surface area contributed by atoms with Gasteiger partial charge in [0.1, 0.15) is 12.2 Å². The summed E-state index contributed by atoms with van der Waals surface area (Å²) in [5.74, 6) is 0. The van der Waals surface area contributed by atoms with E-state index in [1.165, 1.54) is 11.1 Å². The third-order valence-electron chi connectivity index (χ3n) is 7.40. The topological polar surface area (TPSA) is 64.5 Å². The first-order valence-electron chi connectivity index (χ1n) is 10.7. The molecule has 2 unspecified atom stereocenters. The number of benzene rings is 2. The number of para-hydroxylation sites is 2. The van der Waals surface area contributed by atoms with Gasteiger partial charge in [0.2, 0.25) is 0 Å². The van der Waals surface area contributed by atoms with E-state index in [1.807, 2.05) is 24.3 Å². The number of aliphatic hydroxyl groups excluding tert-OH is 2. The molecule has 3 aliphatic rings. The fourth-order valence-electron chi connectivity index (χ4n) is 5.21. The lowest BCUT2D eigenvalue weighted by molar-refractivity contribution is 0.105. The maximum Gasteiger partial charge on any atom is 0.102 e. The maximum atomic E-state index is 10.9. The van der Waals surface area contributed by atoms with E-state index in [9.17, 15) is 10.2 Å². The van der Waals surface area contributed by atoms with Crippen molar-refractivity contribution in [1.82, 2.24) is 0 Å². The molecule has 156 valence electrons. The van der Waals surface area contributed by atoms with Crippen LogP contribution in [-0.4, -0.2) is 34.5 Å². The number of hydrogen-bond donors (Lipinski definition) is 4. The molecule has 0 spiro atoms. The number of fused-ring (bicyclic) bond motifs is 2. The van der Waals surface area contributed by atoms with Crippen molar-refractivity contribution in [3.8, 4) is 0 Å². The standard InChI is InChI=1S/C26H30N2O2/c1-25(2)17-9-5-7-11-19(17)27-21(25)13-15-23(29)16(24(15)30)14-22-26(3,4)18-10-6-8-12-20(18)28-22/h5-14,21-24,27-30H,1-4H3. The summed E-state index contributed by atoms with van der Waals surface area (Å²) >= 11 is 0. The molecular formula is C26H30N2O2. The predicted octanol–water partition coefficient (Wildman–Crippen LogP) is 4.12. The average Bonchev–Trinajstić information content (AvgIpc) is 3.14. The summed E-state index contributed by atoms with van der Waals surface area (Å²) in [5.41, 5.74) is 5.93. The first-order valence-corrected chi connectivity index (χ1v) is 10.7. The van der Waals surface area contributed by atoms with E-state index in [2.05, 4.69) is 74.7 Å². The zero-order valence-electron chi connectivity index (χ0n) is 18.0. The van der Waals surface area contributed by atoms with Crippen LogP contribution in [0.3, 0.4) is 0 Å². The Kier molecular flexibility index (Phi) is 4.18. The molecule has 2 aromatic carbocycles. The molecule has 2 aromatic rings. The zero-order chi connectivity index (χ0) is 21.3. The van der Waals surface area contributed by atoms with Crippen molar-refractivity contribution in [2.24, 2.45) is 0 Å². The molecule has 5 rings (SSSR count). The Bertz CT molecular complexity index is 969. The van der Waals surface area contributed by atoms with E-state index in [0.29, 0.717) is 11.1 Å². The van der Waals surface area contributed by atoms with Crippen LogP contribution in [0.4, 0.5) is 11.4 Å². The number of anilines is 2. The van der Waals surface area contributed by atoms with Crippen molar-refractivity contribution < 1.29 is 10.2 Å². The van der Waals surface area contributed by atoms with Gasteiger partial charge in [-0.3, -0.25) is 0 Å². The van der Waals surface area contributed by atoms with Gasteiger partial charge in [0.25, 0.3) is 0 Å². The third-order valence-corrected chi connectivity index (χ3v) is 7.40. The zero-order valence-corrected chi connectivity index (χ0v) is 18.0. The lowest BCUT2D eigenvalue weighted by Gasteiger charge is -2.39. The molecule has 0 aromatic heterocycles. The first-order chi connectivity index (χ1) is 14.2. The minimum Gasteiger partial charge on any atom is -0.384 e. The largest absolute Gasteiger partial charge is 0.384 e. The quantitative estimate of drug-likeness (QED) is 0.571. The van der Waals surface area contributed by atoms with Crippen LogP contribution in [0.25, 0.3) is 0 Å². The smallest absolute Gasteiger partial charge is 0.102 e. The van der Waals surface area contributed by atoms with Crippen molar-refractivity contribution >= 4 is 11.4 Å². The van der Waals surface area contributed by atoms with Crippen molar-refractivity contribution in [2.45, 2.75) is 62.8 Å². The lowest BCUT2D eigenvalue weighted by Crippen LogP contribution is -2.45. The summed E-state index contributed by atoms with van der Waals surface area (Å²) in [4.78, 5) is 0. The third kappa shape index (κ3) is 2.67. The molecule has 4 heteroatoms. The van der Waals surface area contributed by atoms with Crippen LogP contribution >= 0.6 is 0 Å². The summed E-state index contributed by atoms with van der Waals surface area (Å²) < 4.78 is 0. The predicted molar refractivity (Wildman–Crippen MR) is 122 cm³/mol. The Balaban J connectivity index is 1.39. The molecule has 0 bridgehead atoms. The van der Waals surface area contributed by atoms with Crippen molar-refractivity contribution in [2.75, 3.05) is 10.6 Å². The second kappa shape index (κ2) is 6.47. The molecule has 2 atom stereocenters. The number of nitrogens with one attached hydrogen (secondary N) is 2. The Labute approximate surface area is 178 Å². The van der Waals surface area contributed by atoms with E-state index >= 15 is 0 Å². The molecule has 1 saturated carbocycles. The SMILES string of the molecule is CC1(C)c2ccccc2NC1C=C1C(O)C(=CC2Nc3ccccc3C2(C)C)C1O. The first kappa shape index (κ1) is 19.4. The molecule has 1 fully saturated rings. The highest BCUT2D eigenvalue weighted by Gasteiger charge is 2.45.